The van der Waals surface area contributed by atoms with Crippen LogP contribution < -0.4 is 10.1 Å². The van der Waals surface area contributed by atoms with E-state index < -0.39 is 17.6 Å². The number of carbonyl (C=O) groups excluding carboxylic acids is 1. The van der Waals surface area contributed by atoms with Gasteiger partial charge in [-0.2, -0.15) is 13.2 Å². The number of benzene rings is 3. The second-order valence-electron chi connectivity index (χ2n) is 6.50. The molecule has 0 saturated carbocycles. The molecule has 0 radical (unpaired) electrons. The Balaban J connectivity index is 1.82. The van der Waals surface area contributed by atoms with Gasteiger partial charge >= 0.3 is 6.18 Å². The molecule has 31 heavy (non-hydrogen) atoms. The molecule has 3 aromatic rings. The van der Waals surface area contributed by atoms with Gasteiger partial charge in [0.1, 0.15) is 5.75 Å². The second kappa shape index (κ2) is 10.1. The molecule has 0 fully saturated rings. The van der Waals surface area contributed by atoms with E-state index in [1.165, 1.54) is 0 Å². The molecule has 0 atom stereocenters. The fraction of sp³-hybridized carbons (Fsp3) is 0.174. The van der Waals surface area contributed by atoms with E-state index in [1.807, 2.05) is 37.3 Å². The molecule has 0 unspecified atom stereocenters. The Hall–Kier alpha value is -2.64. The quantitative estimate of drug-likeness (QED) is 0.372. The van der Waals surface area contributed by atoms with Gasteiger partial charge in [-0.25, -0.2) is 0 Å². The SMILES string of the molecule is CCOc1ccc(C(=O)Nc2cc(C(F)(F)F)ccc2Cl)cc1CSc1ccccc1. The summed E-state index contributed by atoms with van der Waals surface area (Å²) in [6, 6.07) is 17.5. The Morgan fingerprint density at radius 2 is 1.81 bits per heavy atom. The predicted octanol–water partition coefficient (Wildman–Crippen LogP) is 7.30. The lowest BCUT2D eigenvalue weighted by atomic mass is 10.1. The van der Waals surface area contributed by atoms with Crippen LogP contribution in [-0.4, -0.2) is 12.5 Å². The highest BCUT2D eigenvalue weighted by Gasteiger charge is 2.31. The van der Waals surface area contributed by atoms with Gasteiger partial charge < -0.3 is 10.1 Å². The number of hydrogen-bond donors (Lipinski definition) is 1. The van der Waals surface area contributed by atoms with Gasteiger partial charge in [0.2, 0.25) is 0 Å². The minimum Gasteiger partial charge on any atom is -0.494 e. The molecule has 0 aliphatic heterocycles. The first-order chi connectivity index (χ1) is 14.8. The number of anilines is 1. The summed E-state index contributed by atoms with van der Waals surface area (Å²) in [6.45, 7) is 2.33. The topological polar surface area (TPSA) is 38.3 Å². The van der Waals surface area contributed by atoms with Crippen molar-refractivity contribution in [3.05, 3.63) is 88.4 Å². The molecule has 1 N–H and O–H groups in total. The van der Waals surface area contributed by atoms with E-state index in [9.17, 15) is 18.0 Å². The van der Waals surface area contributed by atoms with Crippen LogP contribution in [0.25, 0.3) is 0 Å². The highest BCUT2D eigenvalue weighted by atomic mass is 35.5. The lowest BCUT2D eigenvalue weighted by Crippen LogP contribution is -2.14. The van der Waals surface area contributed by atoms with E-state index in [2.05, 4.69) is 5.32 Å². The molecule has 162 valence electrons. The van der Waals surface area contributed by atoms with Crippen LogP contribution in [0.15, 0.2) is 71.6 Å². The minimum atomic E-state index is -4.54. The highest BCUT2D eigenvalue weighted by Crippen LogP contribution is 2.34. The average Bonchev–Trinajstić information content (AvgIpc) is 2.74. The third kappa shape index (κ3) is 6.18. The van der Waals surface area contributed by atoms with E-state index in [-0.39, 0.29) is 10.7 Å². The van der Waals surface area contributed by atoms with Crippen molar-refractivity contribution in [3.8, 4) is 5.75 Å². The zero-order valence-corrected chi connectivity index (χ0v) is 18.1. The number of alkyl halides is 3. The first-order valence-electron chi connectivity index (χ1n) is 9.39. The average molecular weight is 466 g/mol. The van der Waals surface area contributed by atoms with E-state index in [1.54, 1.807) is 30.0 Å². The summed E-state index contributed by atoms with van der Waals surface area (Å²) in [5.74, 6) is 0.653. The third-order valence-corrected chi connectivity index (χ3v) is 5.69. The fourth-order valence-electron chi connectivity index (χ4n) is 2.80. The number of amides is 1. The summed E-state index contributed by atoms with van der Waals surface area (Å²) in [5.41, 5.74) is 0.105. The second-order valence-corrected chi connectivity index (χ2v) is 7.96. The van der Waals surface area contributed by atoms with E-state index >= 15 is 0 Å². The summed E-state index contributed by atoms with van der Waals surface area (Å²) in [4.78, 5) is 13.8. The standard InChI is InChI=1S/C23H19ClF3NO2S/c1-2-30-21-11-8-15(12-16(21)14-31-18-6-4-3-5-7-18)22(29)28-20-13-17(23(25,26)27)9-10-19(20)24/h3-13H,2,14H2,1H3,(H,28,29). The van der Waals surface area contributed by atoms with Gasteiger partial charge in [0.15, 0.2) is 0 Å². The lowest BCUT2D eigenvalue weighted by molar-refractivity contribution is -0.137. The maximum atomic E-state index is 13.0. The summed E-state index contributed by atoms with van der Waals surface area (Å²) >= 11 is 7.57. The van der Waals surface area contributed by atoms with Gasteiger partial charge in [0.25, 0.3) is 5.91 Å². The number of carbonyl (C=O) groups is 1. The smallest absolute Gasteiger partial charge is 0.416 e. The Morgan fingerprint density at radius 1 is 1.06 bits per heavy atom. The molecule has 3 aromatic carbocycles. The molecule has 0 spiro atoms. The number of halogens is 4. The van der Waals surface area contributed by atoms with Crippen LogP contribution in [-0.2, 0) is 11.9 Å². The Morgan fingerprint density at radius 3 is 2.48 bits per heavy atom. The molecular formula is C23H19ClF3NO2S. The van der Waals surface area contributed by atoms with Crippen molar-refractivity contribution in [1.82, 2.24) is 0 Å². The van der Waals surface area contributed by atoms with Gasteiger partial charge in [0, 0.05) is 21.8 Å². The van der Waals surface area contributed by atoms with Gasteiger partial charge in [0.05, 0.1) is 22.9 Å². The van der Waals surface area contributed by atoms with Crippen molar-refractivity contribution < 1.29 is 22.7 Å². The van der Waals surface area contributed by atoms with Crippen LogP contribution in [0.5, 0.6) is 5.75 Å². The molecule has 0 heterocycles. The largest absolute Gasteiger partial charge is 0.494 e. The maximum Gasteiger partial charge on any atom is 0.416 e. The molecular weight excluding hydrogens is 447 g/mol. The number of hydrogen-bond acceptors (Lipinski definition) is 3. The lowest BCUT2D eigenvalue weighted by Gasteiger charge is -2.14. The summed E-state index contributed by atoms with van der Waals surface area (Å²) < 4.78 is 44.6. The van der Waals surface area contributed by atoms with Gasteiger partial charge in [-0.3, -0.25) is 4.79 Å². The minimum absolute atomic E-state index is 0.0205. The van der Waals surface area contributed by atoms with Crippen LogP contribution >= 0.6 is 23.4 Å². The normalized spacial score (nSPS) is 11.3. The number of thioether (sulfide) groups is 1. The molecule has 3 rings (SSSR count). The highest BCUT2D eigenvalue weighted by molar-refractivity contribution is 7.98. The molecule has 0 aliphatic rings. The zero-order valence-electron chi connectivity index (χ0n) is 16.5. The zero-order chi connectivity index (χ0) is 22.4. The first-order valence-corrected chi connectivity index (χ1v) is 10.8. The van der Waals surface area contributed by atoms with E-state index in [0.717, 1.165) is 28.7 Å². The van der Waals surface area contributed by atoms with Crippen molar-refractivity contribution in [3.63, 3.8) is 0 Å². The van der Waals surface area contributed by atoms with Crippen LogP contribution in [0.3, 0.4) is 0 Å². The van der Waals surface area contributed by atoms with E-state index in [0.29, 0.717) is 23.7 Å². The van der Waals surface area contributed by atoms with Gasteiger partial charge in [-0.05, 0) is 55.5 Å². The fourth-order valence-corrected chi connectivity index (χ4v) is 3.86. The van der Waals surface area contributed by atoms with Crippen molar-refractivity contribution in [2.45, 2.75) is 23.7 Å². The van der Waals surface area contributed by atoms with Gasteiger partial charge in [-0.1, -0.05) is 29.8 Å². The van der Waals surface area contributed by atoms with Crippen molar-refractivity contribution in [1.29, 1.82) is 0 Å². The Labute approximate surface area is 187 Å². The van der Waals surface area contributed by atoms with Crippen LogP contribution in [0.2, 0.25) is 5.02 Å². The van der Waals surface area contributed by atoms with Crippen molar-refractivity contribution in [2.75, 3.05) is 11.9 Å². The molecule has 0 bridgehead atoms. The Bertz CT molecular complexity index is 1060. The van der Waals surface area contributed by atoms with Gasteiger partial charge in [-0.15, -0.1) is 11.8 Å². The summed E-state index contributed by atoms with van der Waals surface area (Å²) in [5, 5.41) is 2.49. The third-order valence-electron chi connectivity index (χ3n) is 4.30. The van der Waals surface area contributed by atoms with Crippen LogP contribution in [0.1, 0.15) is 28.4 Å². The molecule has 3 nitrogen and oxygen atoms in total. The van der Waals surface area contributed by atoms with Crippen LogP contribution in [0, 0.1) is 0 Å². The molecule has 0 saturated heterocycles. The number of rotatable bonds is 7. The molecule has 0 aromatic heterocycles. The van der Waals surface area contributed by atoms with E-state index in [4.69, 9.17) is 16.3 Å². The Kier molecular flexibility index (Phi) is 7.51. The molecule has 1 amide bonds. The molecule has 8 heteroatoms. The van der Waals surface area contributed by atoms with Crippen molar-refractivity contribution >= 4 is 35.0 Å². The monoisotopic (exact) mass is 465 g/mol. The molecule has 0 aliphatic carbocycles. The maximum absolute atomic E-state index is 13.0. The summed E-state index contributed by atoms with van der Waals surface area (Å²) in [7, 11) is 0. The predicted molar refractivity (Wildman–Crippen MR) is 118 cm³/mol. The number of ether oxygens (including phenoxy) is 1. The number of nitrogens with one attached hydrogen (secondary N) is 1. The van der Waals surface area contributed by atoms with Crippen molar-refractivity contribution in [2.24, 2.45) is 0 Å². The summed E-state index contributed by atoms with van der Waals surface area (Å²) in [6.07, 6.45) is -4.54. The first kappa shape index (κ1) is 23.0. The van der Waals surface area contributed by atoms with Crippen LogP contribution in [0.4, 0.5) is 18.9 Å².